The van der Waals surface area contributed by atoms with E-state index in [1.54, 1.807) is 0 Å². The largest absolute Gasteiger partial charge is 0.396 e. The zero-order valence-electron chi connectivity index (χ0n) is 14.2. The lowest BCUT2D eigenvalue weighted by atomic mass is 9.91. The molecule has 0 spiro atoms. The third-order valence-corrected chi connectivity index (χ3v) is 5.18. The Morgan fingerprint density at radius 2 is 2.12 bits per heavy atom. The van der Waals surface area contributed by atoms with Gasteiger partial charge < -0.3 is 15.2 Å². The molecule has 24 heavy (non-hydrogen) atoms. The van der Waals surface area contributed by atoms with Gasteiger partial charge in [-0.25, -0.2) is 0 Å². The number of amides is 1. The van der Waals surface area contributed by atoms with Crippen molar-refractivity contribution in [2.45, 2.75) is 31.8 Å². The maximum atomic E-state index is 12.5. The molecule has 1 aromatic carbocycles. The molecule has 2 aliphatic heterocycles. The van der Waals surface area contributed by atoms with E-state index in [-0.39, 0.29) is 30.4 Å². The van der Waals surface area contributed by atoms with Crippen molar-refractivity contribution in [1.29, 1.82) is 0 Å². The monoisotopic (exact) mass is 332 g/mol. The van der Waals surface area contributed by atoms with Gasteiger partial charge in [-0.15, -0.1) is 0 Å². The predicted molar refractivity (Wildman–Crippen MR) is 92.4 cm³/mol. The molecule has 2 heterocycles. The lowest BCUT2D eigenvalue weighted by molar-refractivity contribution is -0.130. The summed E-state index contributed by atoms with van der Waals surface area (Å²) in [4.78, 5) is 14.9. The number of aliphatic hydroxyl groups is 1. The molecule has 5 heteroatoms. The highest BCUT2D eigenvalue weighted by Crippen LogP contribution is 2.21. The van der Waals surface area contributed by atoms with Gasteiger partial charge in [-0.3, -0.25) is 9.69 Å². The maximum absolute atomic E-state index is 12.5. The van der Waals surface area contributed by atoms with E-state index in [1.165, 1.54) is 5.56 Å². The third kappa shape index (κ3) is 4.56. The van der Waals surface area contributed by atoms with Gasteiger partial charge in [0.05, 0.1) is 12.5 Å². The first-order valence-electron chi connectivity index (χ1n) is 9.01. The molecule has 0 saturated carbocycles. The number of aliphatic hydroxyl groups excluding tert-OH is 1. The van der Waals surface area contributed by atoms with Crippen molar-refractivity contribution in [3.63, 3.8) is 0 Å². The lowest BCUT2D eigenvalue weighted by Gasteiger charge is -2.39. The van der Waals surface area contributed by atoms with Crippen LogP contribution in [0.2, 0.25) is 0 Å². The Bertz CT molecular complexity index is 517. The van der Waals surface area contributed by atoms with Crippen LogP contribution in [0.25, 0.3) is 0 Å². The van der Waals surface area contributed by atoms with Crippen LogP contribution in [0.3, 0.4) is 0 Å². The number of carbonyl (C=O) groups is 1. The standard InChI is InChI=1S/C19H28N2O3/c22-13-16-8-9-21(11-15-5-2-1-3-6-15)12-18(16)20-19(23)17-7-4-10-24-14-17/h1-3,5-6,16-18,22H,4,7-14H2,(H,20,23). The highest BCUT2D eigenvalue weighted by molar-refractivity contribution is 5.79. The Hall–Kier alpha value is -1.43. The molecule has 132 valence electrons. The molecule has 0 bridgehead atoms. The Balaban J connectivity index is 1.57. The van der Waals surface area contributed by atoms with Crippen molar-refractivity contribution in [1.82, 2.24) is 10.2 Å². The van der Waals surface area contributed by atoms with Gasteiger partial charge in [-0.05, 0) is 31.4 Å². The van der Waals surface area contributed by atoms with Crippen molar-refractivity contribution < 1.29 is 14.6 Å². The molecule has 5 nitrogen and oxygen atoms in total. The van der Waals surface area contributed by atoms with Gasteiger partial charge in [0.25, 0.3) is 0 Å². The smallest absolute Gasteiger partial charge is 0.225 e. The Labute approximate surface area is 144 Å². The van der Waals surface area contributed by atoms with Gasteiger partial charge in [-0.2, -0.15) is 0 Å². The molecule has 1 aromatic rings. The van der Waals surface area contributed by atoms with Crippen LogP contribution in [0.5, 0.6) is 0 Å². The van der Waals surface area contributed by atoms with Crippen molar-refractivity contribution in [3.05, 3.63) is 35.9 Å². The van der Waals surface area contributed by atoms with E-state index >= 15 is 0 Å². The topological polar surface area (TPSA) is 61.8 Å². The molecule has 2 N–H and O–H groups in total. The normalized spacial score (nSPS) is 28.5. The minimum absolute atomic E-state index is 0.0156. The van der Waals surface area contributed by atoms with Crippen LogP contribution in [0, 0.1) is 11.8 Å². The molecule has 0 aliphatic carbocycles. The molecule has 0 aromatic heterocycles. The van der Waals surface area contributed by atoms with E-state index in [0.717, 1.165) is 45.5 Å². The fourth-order valence-corrected chi connectivity index (χ4v) is 3.68. The summed E-state index contributed by atoms with van der Waals surface area (Å²) in [6.45, 7) is 4.05. The van der Waals surface area contributed by atoms with E-state index in [0.29, 0.717) is 6.61 Å². The third-order valence-electron chi connectivity index (χ3n) is 5.18. The molecule has 3 rings (SSSR count). The first-order valence-corrected chi connectivity index (χ1v) is 9.01. The summed E-state index contributed by atoms with van der Waals surface area (Å²) in [5, 5.41) is 12.9. The summed E-state index contributed by atoms with van der Waals surface area (Å²) in [7, 11) is 0. The Kier molecular flexibility index (Phi) is 6.24. The minimum Gasteiger partial charge on any atom is -0.396 e. The number of rotatable bonds is 5. The van der Waals surface area contributed by atoms with Crippen LogP contribution in [-0.2, 0) is 16.1 Å². The van der Waals surface area contributed by atoms with Crippen molar-refractivity contribution >= 4 is 5.91 Å². The quantitative estimate of drug-likeness (QED) is 0.856. The molecule has 2 aliphatic rings. The summed E-state index contributed by atoms with van der Waals surface area (Å²) in [5.41, 5.74) is 1.28. The summed E-state index contributed by atoms with van der Waals surface area (Å²) >= 11 is 0. The molecule has 1 amide bonds. The first-order chi connectivity index (χ1) is 11.8. The second kappa shape index (κ2) is 8.60. The van der Waals surface area contributed by atoms with Crippen LogP contribution in [0.15, 0.2) is 30.3 Å². The second-order valence-electron chi connectivity index (χ2n) is 6.98. The highest BCUT2D eigenvalue weighted by Gasteiger charge is 2.32. The summed E-state index contributed by atoms with van der Waals surface area (Å²) in [6.07, 6.45) is 2.76. The molecule has 0 radical (unpaired) electrons. The summed E-state index contributed by atoms with van der Waals surface area (Å²) in [5.74, 6) is 0.188. The fourth-order valence-electron chi connectivity index (χ4n) is 3.68. The van der Waals surface area contributed by atoms with E-state index in [2.05, 4.69) is 34.5 Å². The molecule has 3 atom stereocenters. The number of piperidine rings is 1. The van der Waals surface area contributed by atoms with E-state index in [1.807, 2.05) is 6.07 Å². The fraction of sp³-hybridized carbons (Fsp3) is 0.632. The molecule has 2 fully saturated rings. The highest BCUT2D eigenvalue weighted by atomic mass is 16.5. The first kappa shape index (κ1) is 17.4. The zero-order chi connectivity index (χ0) is 16.8. The van der Waals surface area contributed by atoms with Gasteiger partial charge in [0.1, 0.15) is 0 Å². The number of nitrogens with zero attached hydrogens (tertiary/aromatic N) is 1. The number of ether oxygens (including phenoxy) is 1. The van der Waals surface area contributed by atoms with Gasteiger partial charge >= 0.3 is 0 Å². The number of nitrogens with one attached hydrogen (secondary N) is 1. The minimum atomic E-state index is -0.0393. The average molecular weight is 332 g/mol. The molecular weight excluding hydrogens is 304 g/mol. The molecule has 2 saturated heterocycles. The number of carbonyl (C=O) groups excluding carboxylic acids is 1. The van der Waals surface area contributed by atoms with Crippen LogP contribution < -0.4 is 5.32 Å². The van der Waals surface area contributed by atoms with Gasteiger partial charge in [-0.1, -0.05) is 30.3 Å². The number of likely N-dealkylation sites (tertiary alicyclic amines) is 1. The van der Waals surface area contributed by atoms with Crippen LogP contribution in [-0.4, -0.2) is 54.9 Å². The van der Waals surface area contributed by atoms with E-state index in [4.69, 9.17) is 4.74 Å². The zero-order valence-corrected chi connectivity index (χ0v) is 14.2. The second-order valence-corrected chi connectivity index (χ2v) is 6.98. The number of hydrogen-bond donors (Lipinski definition) is 2. The summed E-state index contributed by atoms with van der Waals surface area (Å²) in [6, 6.07) is 10.4. The maximum Gasteiger partial charge on any atom is 0.225 e. The number of hydrogen-bond acceptors (Lipinski definition) is 4. The number of benzene rings is 1. The van der Waals surface area contributed by atoms with Gasteiger partial charge in [0, 0.05) is 38.3 Å². The van der Waals surface area contributed by atoms with Gasteiger partial charge in [0.15, 0.2) is 0 Å². The van der Waals surface area contributed by atoms with Gasteiger partial charge in [0.2, 0.25) is 5.91 Å². The van der Waals surface area contributed by atoms with E-state index < -0.39 is 0 Å². The van der Waals surface area contributed by atoms with Crippen LogP contribution in [0.1, 0.15) is 24.8 Å². The van der Waals surface area contributed by atoms with Crippen molar-refractivity contribution in [2.75, 3.05) is 32.9 Å². The Morgan fingerprint density at radius 1 is 1.29 bits per heavy atom. The summed E-state index contributed by atoms with van der Waals surface area (Å²) < 4.78 is 5.43. The lowest BCUT2D eigenvalue weighted by Crippen LogP contribution is -2.54. The molecular formula is C19H28N2O3. The van der Waals surface area contributed by atoms with Crippen LogP contribution in [0.4, 0.5) is 0 Å². The SMILES string of the molecule is O=C(NC1CN(Cc2ccccc2)CCC1CO)C1CCCOC1. The van der Waals surface area contributed by atoms with Crippen LogP contribution >= 0.6 is 0 Å². The average Bonchev–Trinajstić information content (AvgIpc) is 2.63. The Morgan fingerprint density at radius 3 is 2.83 bits per heavy atom. The van der Waals surface area contributed by atoms with Crippen molar-refractivity contribution in [2.24, 2.45) is 11.8 Å². The van der Waals surface area contributed by atoms with E-state index in [9.17, 15) is 9.90 Å². The molecule has 3 unspecified atom stereocenters. The van der Waals surface area contributed by atoms with Crippen molar-refractivity contribution in [3.8, 4) is 0 Å². The predicted octanol–water partition coefficient (Wildman–Crippen LogP) is 1.41.